The van der Waals surface area contributed by atoms with Gasteiger partial charge in [0.2, 0.25) is 0 Å². The molecule has 0 spiro atoms. The van der Waals surface area contributed by atoms with Crippen LogP contribution in [0, 0.1) is 5.92 Å². The standard InChI is InChI=1S/C18H28N2/c1-4-14-11-16(14)20-13-18(3,5-2)19-12-17(20)15-9-7-6-8-10-15/h6-10,14,16-17,19H,4-5,11-13H2,1-3H3. The van der Waals surface area contributed by atoms with Gasteiger partial charge in [0.05, 0.1) is 0 Å². The van der Waals surface area contributed by atoms with Gasteiger partial charge in [0, 0.05) is 30.7 Å². The Balaban J connectivity index is 1.82. The second kappa shape index (κ2) is 5.50. The second-order valence-corrected chi connectivity index (χ2v) is 6.87. The Morgan fingerprint density at radius 2 is 2.00 bits per heavy atom. The van der Waals surface area contributed by atoms with E-state index in [9.17, 15) is 0 Å². The lowest BCUT2D eigenvalue weighted by Gasteiger charge is -2.46. The number of hydrogen-bond donors (Lipinski definition) is 1. The molecule has 0 radical (unpaired) electrons. The zero-order valence-electron chi connectivity index (χ0n) is 13.1. The molecule has 20 heavy (non-hydrogen) atoms. The highest BCUT2D eigenvalue weighted by Gasteiger charge is 2.47. The van der Waals surface area contributed by atoms with Crippen molar-refractivity contribution in [3.8, 4) is 0 Å². The summed E-state index contributed by atoms with van der Waals surface area (Å²) in [5.74, 6) is 0.931. The average molecular weight is 272 g/mol. The fraction of sp³-hybridized carbons (Fsp3) is 0.667. The summed E-state index contributed by atoms with van der Waals surface area (Å²) in [4.78, 5) is 2.80. The van der Waals surface area contributed by atoms with Gasteiger partial charge in [-0.05, 0) is 31.2 Å². The van der Waals surface area contributed by atoms with E-state index in [1.807, 2.05) is 0 Å². The summed E-state index contributed by atoms with van der Waals surface area (Å²) in [5, 5.41) is 3.80. The summed E-state index contributed by atoms with van der Waals surface area (Å²) in [6.07, 6.45) is 3.94. The average Bonchev–Trinajstić information content (AvgIpc) is 3.28. The van der Waals surface area contributed by atoms with Crippen LogP contribution in [-0.4, -0.2) is 29.6 Å². The maximum atomic E-state index is 3.80. The van der Waals surface area contributed by atoms with Gasteiger partial charge in [0.25, 0.3) is 0 Å². The molecule has 0 aromatic heterocycles. The summed E-state index contributed by atoms with van der Waals surface area (Å²) in [6.45, 7) is 9.29. The Morgan fingerprint density at radius 3 is 2.60 bits per heavy atom. The molecule has 2 heteroatoms. The van der Waals surface area contributed by atoms with Crippen LogP contribution in [0.5, 0.6) is 0 Å². The van der Waals surface area contributed by atoms with E-state index in [1.54, 1.807) is 0 Å². The molecule has 1 aromatic carbocycles. The molecule has 1 aromatic rings. The van der Waals surface area contributed by atoms with Gasteiger partial charge in [-0.3, -0.25) is 4.90 Å². The number of hydrogen-bond acceptors (Lipinski definition) is 2. The van der Waals surface area contributed by atoms with Gasteiger partial charge in [0.15, 0.2) is 0 Å². The molecule has 0 amide bonds. The van der Waals surface area contributed by atoms with E-state index in [0.717, 1.165) is 18.5 Å². The Kier molecular flexibility index (Phi) is 3.87. The first-order valence-electron chi connectivity index (χ1n) is 8.22. The molecule has 4 atom stereocenters. The van der Waals surface area contributed by atoms with E-state index in [1.165, 1.54) is 31.4 Å². The molecule has 1 heterocycles. The van der Waals surface area contributed by atoms with Crippen LogP contribution >= 0.6 is 0 Å². The molecule has 3 rings (SSSR count). The fourth-order valence-electron chi connectivity index (χ4n) is 3.68. The van der Waals surface area contributed by atoms with Crippen molar-refractivity contribution in [3.63, 3.8) is 0 Å². The van der Waals surface area contributed by atoms with Crippen LogP contribution in [0.15, 0.2) is 30.3 Å². The number of rotatable bonds is 4. The lowest BCUT2D eigenvalue weighted by Crippen LogP contribution is -2.60. The van der Waals surface area contributed by atoms with Crippen molar-refractivity contribution >= 4 is 0 Å². The van der Waals surface area contributed by atoms with Gasteiger partial charge >= 0.3 is 0 Å². The summed E-state index contributed by atoms with van der Waals surface area (Å²) < 4.78 is 0. The maximum absolute atomic E-state index is 3.80. The van der Waals surface area contributed by atoms with E-state index in [2.05, 4.69) is 61.3 Å². The lowest BCUT2D eigenvalue weighted by molar-refractivity contribution is 0.0718. The largest absolute Gasteiger partial charge is 0.308 e. The molecule has 2 fully saturated rings. The van der Waals surface area contributed by atoms with Crippen LogP contribution in [0.2, 0.25) is 0 Å². The first-order valence-corrected chi connectivity index (χ1v) is 8.22. The van der Waals surface area contributed by atoms with E-state index < -0.39 is 0 Å². The van der Waals surface area contributed by atoms with Crippen molar-refractivity contribution in [1.82, 2.24) is 10.2 Å². The molecule has 4 unspecified atom stereocenters. The van der Waals surface area contributed by atoms with Crippen molar-refractivity contribution < 1.29 is 0 Å². The minimum Gasteiger partial charge on any atom is -0.308 e. The third-order valence-corrected chi connectivity index (χ3v) is 5.45. The fourth-order valence-corrected chi connectivity index (χ4v) is 3.68. The summed E-state index contributed by atoms with van der Waals surface area (Å²) in [7, 11) is 0. The van der Waals surface area contributed by atoms with Crippen molar-refractivity contribution in [2.45, 2.75) is 57.7 Å². The van der Waals surface area contributed by atoms with Crippen molar-refractivity contribution in [2.24, 2.45) is 5.92 Å². The molecule has 110 valence electrons. The third kappa shape index (κ3) is 2.64. The highest BCUT2D eigenvalue weighted by molar-refractivity contribution is 5.22. The minimum atomic E-state index is 0.284. The molecule has 0 bridgehead atoms. The maximum Gasteiger partial charge on any atom is 0.0476 e. The van der Waals surface area contributed by atoms with Gasteiger partial charge in [-0.1, -0.05) is 50.6 Å². The van der Waals surface area contributed by atoms with Crippen molar-refractivity contribution in [1.29, 1.82) is 0 Å². The second-order valence-electron chi connectivity index (χ2n) is 6.87. The monoisotopic (exact) mass is 272 g/mol. The molecule has 1 aliphatic carbocycles. The minimum absolute atomic E-state index is 0.284. The van der Waals surface area contributed by atoms with E-state index in [-0.39, 0.29) is 5.54 Å². The predicted octanol–water partition coefficient (Wildman–Crippen LogP) is 3.60. The number of piperazine rings is 1. The van der Waals surface area contributed by atoms with E-state index >= 15 is 0 Å². The van der Waals surface area contributed by atoms with Gasteiger partial charge in [-0.2, -0.15) is 0 Å². The number of nitrogens with one attached hydrogen (secondary N) is 1. The van der Waals surface area contributed by atoms with Crippen LogP contribution in [0.25, 0.3) is 0 Å². The first kappa shape index (κ1) is 14.1. The first-order chi connectivity index (χ1) is 9.67. The van der Waals surface area contributed by atoms with E-state index in [4.69, 9.17) is 0 Å². The molecule has 2 aliphatic rings. The molecule has 1 saturated carbocycles. The highest BCUT2D eigenvalue weighted by Crippen LogP contribution is 2.44. The van der Waals surface area contributed by atoms with Crippen LogP contribution < -0.4 is 5.32 Å². The SMILES string of the molecule is CCC1CC1N1CC(C)(CC)NCC1c1ccccc1. The molecule has 1 aliphatic heterocycles. The van der Waals surface area contributed by atoms with Crippen LogP contribution in [0.1, 0.15) is 51.6 Å². The smallest absolute Gasteiger partial charge is 0.0476 e. The van der Waals surface area contributed by atoms with Gasteiger partial charge in [-0.25, -0.2) is 0 Å². The Bertz CT molecular complexity index is 444. The number of nitrogens with zero attached hydrogens (tertiary/aromatic N) is 1. The van der Waals surface area contributed by atoms with E-state index in [0.29, 0.717) is 6.04 Å². The molecular formula is C18H28N2. The topological polar surface area (TPSA) is 15.3 Å². The van der Waals surface area contributed by atoms with Crippen LogP contribution in [0.3, 0.4) is 0 Å². The summed E-state index contributed by atoms with van der Waals surface area (Å²) in [5.41, 5.74) is 1.76. The zero-order valence-corrected chi connectivity index (χ0v) is 13.1. The molecule has 1 saturated heterocycles. The summed E-state index contributed by atoms with van der Waals surface area (Å²) in [6, 6.07) is 12.4. The Labute approximate surface area is 123 Å². The zero-order chi connectivity index (χ0) is 14.2. The molecule has 2 nitrogen and oxygen atoms in total. The normalized spacial score (nSPS) is 37.9. The van der Waals surface area contributed by atoms with Gasteiger partial charge in [0.1, 0.15) is 0 Å². The lowest BCUT2D eigenvalue weighted by atomic mass is 9.91. The third-order valence-electron chi connectivity index (χ3n) is 5.45. The Morgan fingerprint density at radius 1 is 1.25 bits per heavy atom. The van der Waals surface area contributed by atoms with Gasteiger partial charge in [-0.15, -0.1) is 0 Å². The quantitative estimate of drug-likeness (QED) is 0.901. The number of benzene rings is 1. The van der Waals surface area contributed by atoms with Crippen molar-refractivity contribution in [3.05, 3.63) is 35.9 Å². The summed E-state index contributed by atoms with van der Waals surface area (Å²) >= 11 is 0. The Hall–Kier alpha value is -0.860. The molecule has 1 N–H and O–H groups in total. The van der Waals surface area contributed by atoms with Gasteiger partial charge < -0.3 is 5.32 Å². The van der Waals surface area contributed by atoms with Crippen LogP contribution in [0.4, 0.5) is 0 Å². The van der Waals surface area contributed by atoms with Crippen LogP contribution in [-0.2, 0) is 0 Å². The van der Waals surface area contributed by atoms with Crippen molar-refractivity contribution in [2.75, 3.05) is 13.1 Å². The molecular weight excluding hydrogens is 244 g/mol. The highest BCUT2D eigenvalue weighted by atomic mass is 15.3. The predicted molar refractivity (Wildman–Crippen MR) is 84.8 cm³/mol.